The van der Waals surface area contributed by atoms with E-state index in [4.69, 9.17) is 26.2 Å². The Balaban J connectivity index is 3.05. The number of ether oxygens (including phenoxy) is 2. The van der Waals surface area contributed by atoms with Crippen LogP contribution in [0.4, 0.5) is 0 Å². The van der Waals surface area contributed by atoms with Crippen LogP contribution < -0.4 is 4.74 Å². The molecule has 6 heteroatoms. The van der Waals surface area contributed by atoms with Crippen molar-refractivity contribution in [1.29, 1.82) is 0 Å². The van der Waals surface area contributed by atoms with E-state index in [2.05, 4.69) is 0 Å². The van der Waals surface area contributed by atoms with E-state index < -0.39 is 5.97 Å². The van der Waals surface area contributed by atoms with Gasteiger partial charge in [0.2, 0.25) is 0 Å². The number of hydrogen-bond donors (Lipinski definition) is 1. The van der Waals surface area contributed by atoms with Crippen LogP contribution in [0.3, 0.4) is 0 Å². The molecule has 100 valence electrons. The largest absolute Gasteiger partial charge is 0.488 e. The van der Waals surface area contributed by atoms with E-state index in [9.17, 15) is 4.79 Å². The van der Waals surface area contributed by atoms with Gasteiger partial charge in [-0.15, -0.1) is 11.8 Å². The maximum absolute atomic E-state index is 11.0. The molecule has 0 aromatic heterocycles. The second-order valence-electron chi connectivity index (χ2n) is 3.33. The van der Waals surface area contributed by atoms with Crippen molar-refractivity contribution in [2.24, 2.45) is 0 Å². The van der Waals surface area contributed by atoms with Crippen LogP contribution in [0.2, 0.25) is 5.02 Å². The number of aromatic carboxylic acids is 1. The van der Waals surface area contributed by atoms with Crippen molar-refractivity contribution >= 4 is 29.3 Å². The third-order valence-electron chi connectivity index (χ3n) is 2.13. The van der Waals surface area contributed by atoms with Gasteiger partial charge in [-0.3, -0.25) is 0 Å². The highest BCUT2D eigenvalue weighted by Gasteiger charge is 2.17. The lowest BCUT2D eigenvalue weighted by Gasteiger charge is -2.13. The molecule has 0 aliphatic carbocycles. The molecule has 1 aromatic rings. The first-order valence-corrected chi connectivity index (χ1v) is 6.78. The van der Waals surface area contributed by atoms with E-state index in [1.165, 1.54) is 6.07 Å². The summed E-state index contributed by atoms with van der Waals surface area (Å²) >= 11 is 7.61. The van der Waals surface area contributed by atoms with Gasteiger partial charge in [0.25, 0.3) is 0 Å². The monoisotopic (exact) mass is 290 g/mol. The summed E-state index contributed by atoms with van der Waals surface area (Å²) in [5.41, 5.74) is 0.0459. The molecule has 0 fully saturated rings. The molecule has 1 rings (SSSR count). The minimum absolute atomic E-state index is 0.0459. The Morgan fingerprint density at radius 1 is 1.44 bits per heavy atom. The van der Waals surface area contributed by atoms with Crippen molar-refractivity contribution in [2.75, 3.05) is 26.1 Å². The maximum Gasteiger partial charge on any atom is 0.337 e. The number of carboxylic acid groups (broad SMARTS) is 1. The van der Waals surface area contributed by atoms with Gasteiger partial charge in [-0.2, -0.15) is 0 Å². The van der Waals surface area contributed by atoms with Gasteiger partial charge in [0.15, 0.2) is 5.75 Å². The predicted molar refractivity (Wildman–Crippen MR) is 72.2 cm³/mol. The summed E-state index contributed by atoms with van der Waals surface area (Å²) < 4.78 is 10.4. The molecular weight excluding hydrogens is 276 g/mol. The van der Waals surface area contributed by atoms with Crippen molar-refractivity contribution in [2.45, 2.75) is 11.8 Å². The van der Waals surface area contributed by atoms with E-state index in [0.29, 0.717) is 19.0 Å². The number of thioether (sulfide) groups is 1. The number of rotatable bonds is 7. The lowest BCUT2D eigenvalue weighted by Crippen LogP contribution is -2.07. The Bertz CT molecular complexity index is 423. The van der Waals surface area contributed by atoms with Crippen LogP contribution in [0, 0.1) is 0 Å². The number of methoxy groups -OCH3 is 1. The first kappa shape index (κ1) is 15.1. The summed E-state index contributed by atoms with van der Waals surface area (Å²) in [6.45, 7) is 2.75. The number of carboxylic acids is 1. The first-order valence-electron chi connectivity index (χ1n) is 5.42. The summed E-state index contributed by atoms with van der Waals surface area (Å²) in [7, 11) is 1.57. The Morgan fingerprint density at radius 2 is 2.17 bits per heavy atom. The zero-order valence-corrected chi connectivity index (χ0v) is 11.8. The fourth-order valence-corrected chi connectivity index (χ4v) is 2.46. The Morgan fingerprint density at radius 3 is 2.72 bits per heavy atom. The van der Waals surface area contributed by atoms with Crippen molar-refractivity contribution in [3.63, 3.8) is 0 Å². The van der Waals surface area contributed by atoms with Crippen molar-refractivity contribution in [3.8, 4) is 5.75 Å². The molecular formula is C12H15ClO4S. The van der Waals surface area contributed by atoms with Crippen LogP contribution in [-0.2, 0) is 4.74 Å². The predicted octanol–water partition coefficient (Wildman–Crippen LogP) is 3.18. The molecule has 1 aromatic carbocycles. The molecule has 0 radical (unpaired) electrons. The molecule has 0 spiro atoms. The van der Waals surface area contributed by atoms with Crippen molar-refractivity contribution in [3.05, 3.63) is 22.7 Å². The van der Waals surface area contributed by atoms with Crippen LogP contribution in [0.5, 0.6) is 5.75 Å². The number of carbonyl (C=O) groups is 1. The van der Waals surface area contributed by atoms with Crippen LogP contribution >= 0.6 is 23.4 Å². The topological polar surface area (TPSA) is 55.8 Å². The minimum atomic E-state index is -1.07. The van der Waals surface area contributed by atoms with Crippen molar-refractivity contribution < 1.29 is 19.4 Å². The highest BCUT2D eigenvalue weighted by molar-refractivity contribution is 7.99. The van der Waals surface area contributed by atoms with Gasteiger partial charge in [0, 0.05) is 7.11 Å². The quantitative estimate of drug-likeness (QED) is 0.617. The molecule has 1 N–H and O–H groups in total. The number of halogens is 1. The van der Waals surface area contributed by atoms with Crippen LogP contribution in [0.15, 0.2) is 17.0 Å². The Labute approximate surface area is 115 Å². The van der Waals surface area contributed by atoms with E-state index in [-0.39, 0.29) is 10.6 Å². The zero-order valence-electron chi connectivity index (χ0n) is 10.2. The second-order valence-corrected chi connectivity index (χ2v) is 5.02. The Hall–Kier alpha value is -0.910. The van der Waals surface area contributed by atoms with Gasteiger partial charge >= 0.3 is 5.97 Å². The van der Waals surface area contributed by atoms with Crippen LogP contribution in [0.25, 0.3) is 0 Å². The third kappa shape index (κ3) is 3.80. The number of hydrogen-bond acceptors (Lipinski definition) is 4. The fourth-order valence-electron chi connectivity index (χ4n) is 1.33. The molecule has 0 unspecified atom stereocenters. The SMILES string of the molecule is CCSc1ccc(C(=O)O)c(Cl)c1OCCOC. The van der Waals surface area contributed by atoms with Gasteiger partial charge in [0.05, 0.1) is 22.1 Å². The smallest absolute Gasteiger partial charge is 0.337 e. The minimum Gasteiger partial charge on any atom is -0.488 e. The average molecular weight is 291 g/mol. The summed E-state index contributed by atoms with van der Waals surface area (Å²) in [6.07, 6.45) is 0. The van der Waals surface area contributed by atoms with E-state index in [1.54, 1.807) is 24.9 Å². The van der Waals surface area contributed by atoms with E-state index in [1.807, 2.05) is 6.92 Å². The molecule has 0 aliphatic rings. The first-order chi connectivity index (χ1) is 8.61. The number of benzene rings is 1. The Kier molecular flexibility index (Phi) is 6.32. The van der Waals surface area contributed by atoms with E-state index in [0.717, 1.165) is 10.6 Å². The van der Waals surface area contributed by atoms with Gasteiger partial charge in [-0.25, -0.2) is 4.79 Å². The standard InChI is InChI=1S/C12H15ClO4S/c1-3-18-9-5-4-8(12(14)15)10(13)11(9)17-7-6-16-2/h4-5H,3,6-7H2,1-2H3,(H,14,15). The molecule has 0 amide bonds. The second kappa shape index (κ2) is 7.51. The highest BCUT2D eigenvalue weighted by atomic mass is 35.5. The van der Waals surface area contributed by atoms with Crippen LogP contribution in [0.1, 0.15) is 17.3 Å². The van der Waals surface area contributed by atoms with Gasteiger partial charge in [-0.05, 0) is 17.9 Å². The van der Waals surface area contributed by atoms with Crippen LogP contribution in [-0.4, -0.2) is 37.2 Å². The molecule has 0 heterocycles. The lowest BCUT2D eigenvalue weighted by atomic mass is 10.2. The summed E-state index contributed by atoms with van der Waals surface area (Å²) in [5.74, 6) is 0.203. The van der Waals surface area contributed by atoms with Gasteiger partial charge in [0.1, 0.15) is 6.61 Å². The maximum atomic E-state index is 11.0. The summed E-state index contributed by atoms with van der Waals surface area (Å²) in [5, 5.41) is 9.15. The molecule has 0 saturated carbocycles. The third-order valence-corrected chi connectivity index (χ3v) is 3.42. The zero-order chi connectivity index (χ0) is 13.5. The molecule has 18 heavy (non-hydrogen) atoms. The summed E-state index contributed by atoms with van der Waals surface area (Å²) in [6, 6.07) is 3.21. The molecule has 4 nitrogen and oxygen atoms in total. The average Bonchev–Trinajstić information content (AvgIpc) is 2.32. The van der Waals surface area contributed by atoms with Gasteiger partial charge in [-0.1, -0.05) is 18.5 Å². The molecule has 0 saturated heterocycles. The molecule has 0 atom stereocenters. The lowest BCUT2D eigenvalue weighted by molar-refractivity contribution is 0.0696. The fraction of sp³-hybridized carbons (Fsp3) is 0.417. The summed E-state index contributed by atoms with van der Waals surface area (Å²) in [4.78, 5) is 11.8. The molecule has 0 aliphatic heterocycles. The normalized spacial score (nSPS) is 10.4. The molecule has 0 bridgehead atoms. The van der Waals surface area contributed by atoms with Gasteiger partial charge < -0.3 is 14.6 Å². The van der Waals surface area contributed by atoms with E-state index >= 15 is 0 Å². The van der Waals surface area contributed by atoms with Crippen molar-refractivity contribution in [1.82, 2.24) is 0 Å². The highest BCUT2D eigenvalue weighted by Crippen LogP contribution is 2.38.